The maximum atomic E-state index is 12.1. The first-order chi connectivity index (χ1) is 8.04. The van der Waals surface area contributed by atoms with Crippen LogP contribution in [0.4, 0.5) is 18.3 Å². The van der Waals surface area contributed by atoms with Gasteiger partial charge in [-0.2, -0.15) is 22.5 Å². The summed E-state index contributed by atoms with van der Waals surface area (Å²) in [6.45, 7) is 1.09. The lowest BCUT2D eigenvalue weighted by atomic mass is 10.4. The summed E-state index contributed by atoms with van der Waals surface area (Å²) in [4.78, 5) is 3.31. The van der Waals surface area contributed by atoms with Crippen molar-refractivity contribution in [1.29, 1.82) is 0 Å². The fourth-order valence-electron chi connectivity index (χ4n) is 0.947. The summed E-state index contributed by atoms with van der Waals surface area (Å²) in [5.41, 5.74) is 0. The highest BCUT2D eigenvalue weighted by atomic mass is 32.1. The Morgan fingerprint density at radius 3 is 2.71 bits per heavy atom. The van der Waals surface area contributed by atoms with E-state index in [9.17, 15) is 13.2 Å². The van der Waals surface area contributed by atoms with Crippen LogP contribution in [0.1, 0.15) is 12.2 Å². The second-order valence-corrected chi connectivity index (χ2v) is 3.79. The quantitative estimate of drug-likeness (QED) is 0.733. The fraction of sp³-hybridized carbons (Fsp3) is 0.750. The number of alkyl halides is 3. The minimum atomic E-state index is -4.50. The van der Waals surface area contributed by atoms with E-state index < -0.39 is 12.0 Å². The van der Waals surface area contributed by atoms with Crippen LogP contribution in [0.2, 0.25) is 0 Å². The monoisotopic (exact) mass is 271 g/mol. The molecule has 98 valence electrons. The Kier molecular flexibility index (Phi) is 5.59. The van der Waals surface area contributed by atoms with Crippen LogP contribution in [0, 0.1) is 0 Å². The van der Waals surface area contributed by atoms with E-state index in [0.717, 1.165) is 0 Å². The Labute approximate surface area is 99.8 Å². The van der Waals surface area contributed by atoms with Gasteiger partial charge in [0.15, 0.2) is 0 Å². The van der Waals surface area contributed by atoms with E-state index in [1.54, 1.807) is 0 Å². The average Bonchev–Trinajstić information content (AvgIpc) is 2.71. The lowest BCUT2D eigenvalue weighted by Gasteiger charge is -2.03. The van der Waals surface area contributed by atoms with Gasteiger partial charge < -0.3 is 15.2 Å². The SMILES string of the molecule is OCCOCCCNc1nc(C(F)(F)F)ns1. The van der Waals surface area contributed by atoms with E-state index in [0.29, 0.717) is 31.1 Å². The fourth-order valence-corrected chi connectivity index (χ4v) is 1.56. The predicted octanol–water partition coefficient (Wildman–Crippen LogP) is 1.37. The van der Waals surface area contributed by atoms with Gasteiger partial charge in [-0.05, 0) is 6.42 Å². The largest absolute Gasteiger partial charge is 0.452 e. The molecule has 1 heterocycles. The Balaban J connectivity index is 2.21. The van der Waals surface area contributed by atoms with Crippen molar-refractivity contribution in [2.75, 3.05) is 31.7 Å². The van der Waals surface area contributed by atoms with Crippen LogP contribution in [0.15, 0.2) is 0 Å². The molecule has 1 rings (SSSR count). The van der Waals surface area contributed by atoms with E-state index in [-0.39, 0.29) is 18.3 Å². The van der Waals surface area contributed by atoms with E-state index in [2.05, 4.69) is 14.7 Å². The Morgan fingerprint density at radius 2 is 2.12 bits per heavy atom. The molecule has 9 heteroatoms. The second-order valence-electron chi connectivity index (χ2n) is 3.04. The zero-order valence-electron chi connectivity index (χ0n) is 8.83. The third-order valence-corrected chi connectivity index (χ3v) is 2.33. The number of hydrogen-bond acceptors (Lipinski definition) is 6. The van der Waals surface area contributed by atoms with Crippen LogP contribution in [0.5, 0.6) is 0 Å². The van der Waals surface area contributed by atoms with Crippen LogP contribution < -0.4 is 5.32 Å². The number of nitrogens with zero attached hydrogens (tertiary/aromatic N) is 2. The summed E-state index contributed by atoms with van der Waals surface area (Å²) in [6, 6.07) is 0. The third-order valence-electron chi connectivity index (χ3n) is 1.66. The molecular formula is C8H12F3N3O2S. The number of aliphatic hydroxyl groups excluding tert-OH is 1. The smallest absolute Gasteiger partial charge is 0.394 e. The van der Waals surface area contributed by atoms with Gasteiger partial charge in [-0.1, -0.05) is 0 Å². The molecule has 17 heavy (non-hydrogen) atoms. The topological polar surface area (TPSA) is 67.3 Å². The highest BCUT2D eigenvalue weighted by molar-refractivity contribution is 7.09. The Hall–Kier alpha value is -0.930. The summed E-state index contributed by atoms with van der Waals surface area (Å²) in [7, 11) is 0. The zero-order chi connectivity index (χ0) is 12.7. The molecule has 0 amide bonds. The number of halogens is 3. The molecule has 0 unspecified atom stereocenters. The number of hydrogen-bond donors (Lipinski definition) is 2. The molecule has 5 nitrogen and oxygen atoms in total. The van der Waals surface area contributed by atoms with Gasteiger partial charge in [0.25, 0.3) is 0 Å². The summed E-state index contributed by atoms with van der Waals surface area (Å²) < 4.78 is 44.6. The number of aliphatic hydroxyl groups is 1. The van der Waals surface area contributed by atoms with E-state index in [1.807, 2.05) is 0 Å². The molecule has 0 aliphatic heterocycles. The predicted molar refractivity (Wildman–Crippen MR) is 55.9 cm³/mol. The van der Waals surface area contributed by atoms with Crippen molar-refractivity contribution in [3.63, 3.8) is 0 Å². The molecule has 0 saturated carbocycles. The first-order valence-corrected chi connectivity index (χ1v) is 5.64. The normalized spacial score (nSPS) is 11.8. The molecule has 0 aromatic carbocycles. The Morgan fingerprint density at radius 1 is 1.35 bits per heavy atom. The van der Waals surface area contributed by atoms with Crippen LogP contribution in [-0.2, 0) is 10.9 Å². The molecule has 0 bridgehead atoms. The van der Waals surface area contributed by atoms with Gasteiger partial charge in [0.05, 0.1) is 13.2 Å². The van der Waals surface area contributed by atoms with Gasteiger partial charge in [0.2, 0.25) is 11.0 Å². The van der Waals surface area contributed by atoms with Crippen molar-refractivity contribution in [2.24, 2.45) is 0 Å². The zero-order valence-corrected chi connectivity index (χ0v) is 9.64. The summed E-state index contributed by atoms with van der Waals surface area (Å²) in [5, 5.41) is 11.3. The lowest BCUT2D eigenvalue weighted by molar-refractivity contribution is -0.144. The number of nitrogens with one attached hydrogen (secondary N) is 1. The molecule has 1 aromatic heterocycles. The van der Waals surface area contributed by atoms with Crippen LogP contribution in [0.3, 0.4) is 0 Å². The molecule has 0 spiro atoms. The van der Waals surface area contributed by atoms with Gasteiger partial charge in [-0.15, -0.1) is 0 Å². The van der Waals surface area contributed by atoms with Gasteiger partial charge in [0, 0.05) is 24.7 Å². The van der Waals surface area contributed by atoms with Crippen LogP contribution in [0.25, 0.3) is 0 Å². The second kappa shape index (κ2) is 6.72. The maximum absolute atomic E-state index is 12.1. The van der Waals surface area contributed by atoms with E-state index >= 15 is 0 Å². The first-order valence-electron chi connectivity index (χ1n) is 4.87. The third kappa shape index (κ3) is 5.29. The molecule has 0 radical (unpaired) electrons. The maximum Gasteiger partial charge on any atom is 0.452 e. The summed E-state index contributed by atoms with van der Waals surface area (Å²) >= 11 is 0.672. The number of rotatable bonds is 7. The number of anilines is 1. The first kappa shape index (κ1) is 14.1. The molecule has 0 aliphatic carbocycles. The van der Waals surface area contributed by atoms with Crippen LogP contribution in [-0.4, -0.2) is 40.8 Å². The molecule has 2 N–H and O–H groups in total. The standard InChI is InChI=1S/C8H12F3N3O2S/c9-8(10,11)6-13-7(17-14-6)12-2-1-4-16-5-3-15/h15H,1-5H2,(H,12,13,14). The summed E-state index contributed by atoms with van der Waals surface area (Å²) in [5.74, 6) is -1.12. The Bertz CT molecular complexity index is 332. The van der Waals surface area contributed by atoms with Gasteiger partial charge in [-0.25, -0.2) is 0 Å². The number of aromatic nitrogens is 2. The summed E-state index contributed by atoms with van der Waals surface area (Å²) in [6.07, 6.45) is -3.89. The van der Waals surface area contributed by atoms with Crippen molar-refractivity contribution in [1.82, 2.24) is 9.36 Å². The van der Waals surface area contributed by atoms with Gasteiger partial charge >= 0.3 is 6.18 Å². The lowest BCUT2D eigenvalue weighted by Crippen LogP contribution is -2.09. The van der Waals surface area contributed by atoms with E-state index in [4.69, 9.17) is 9.84 Å². The minimum Gasteiger partial charge on any atom is -0.394 e. The van der Waals surface area contributed by atoms with Crippen molar-refractivity contribution >= 4 is 16.7 Å². The van der Waals surface area contributed by atoms with E-state index in [1.165, 1.54) is 0 Å². The number of ether oxygens (including phenoxy) is 1. The molecule has 0 aliphatic rings. The molecule has 0 atom stereocenters. The van der Waals surface area contributed by atoms with Crippen LogP contribution >= 0.6 is 11.5 Å². The molecule has 0 saturated heterocycles. The molecule has 0 fully saturated rings. The van der Waals surface area contributed by atoms with Crippen molar-refractivity contribution in [3.05, 3.63) is 5.82 Å². The average molecular weight is 271 g/mol. The highest BCUT2D eigenvalue weighted by Gasteiger charge is 2.35. The van der Waals surface area contributed by atoms with Crippen molar-refractivity contribution < 1.29 is 23.0 Å². The van der Waals surface area contributed by atoms with Crippen molar-refractivity contribution in [3.8, 4) is 0 Å². The van der Waals surface area contributed by atoms with Gasteiger partial charge in [-0.3, -0.25) is 0 Å². The highest BCUT2D eigenvalue weighted by Crippen LogP contribution is 2.28. The molecule has 1 aromatic rings. The van der Waals surface area contributed by atoms with Crippen molar-refractivity contribution in [2.45, 2.75) is 12.6 Å². The van der Waals surface area contributed by atoms with Gasteiger partial charge in [0.1, 0.15) is 0 Å². The minimum absolute atomic E-state index is 0.0429. The molecular weight excluding hydrogens is 259 g/mol.